The molecule has 26 heavy (non-hydrogen) atoms. The van der Waals surface area contributed by atoms with Crippen LogP contribution in [0.5, 0.6) is 0 Å². The number of rotatable bonds is 7. The molecule has 136 valence electrons. The first-order chi connectivity index (χ1) is 12.8. The second kappa shape index (κ2) is 8.65. The lowest BCUT2D eigenvalue weighted by Crippen LogP contribution is -2.40. The van der Waals surface area contributed by atoms with Crippen molar-refractivity contribution in [2.24, 2.45) is 0 Å². The molecule has 5 nitrogen and oxygen atoms in total. The lowest BCUT2D eigenvalue weighted by Gasteiger charge is -2.22. The summed E-state index contributed by atoms with van der Waals surface area (Å²) in [6, 6.07) is 17.4. The molecule has 0 saturated carbocycles. The Balaban J connectivity index is 1.90. The maximum atomic E-state index is 11.9. The molecule has 1 heterocycles. The van der Waals surface area contributed by atoms with E-state index in [-0.39, 0.29) is 12.6 Å². The van der Waals surface area contributed by atoms with Crippen molar-refractivity contribution in [1.82, 2.24) is 5.43 Å². The van der Waals surface area contributed by atoms with Gasteiger partial charge in [0.2, 0.25) is 0 Å². The number of hydrogen-bond donors (Lipinski definition) is 3. The van der Waals surface area contributed by atoms with Gasteiger partial charge >= 0.3 is 0 Å². The van der Waals surface area contributed by atoms with Crippen molar-refractivity contribution >= 4 is 17.7 Å². The Bertz CT molecular complexity index is 761. The van der Waals surface area contributed by atoms with Gasteiger partial charge in [0.05, 0.1) is 11.7 Å². The maximum absolute atomic E-state index is 11.9. The zero-order valence-corrected chi connectivity index (χ0v) is 14.9. The molecule has 1 saturated heterocycles. The van der Waals surface area contributed by atoms with Crippen LogP contribution in [-0.4, -0.2) is 30.1 Å². The van der Waals surface area contributed by atoms with E-state index < -0.39 is 6.04 Å². The van der Waals surface area contributed by atoms with Crippen molar-refractivity contribution in [3.05, 3.63) is 71.9 Å². The zero-order chi connectivity index (χ0) is 18.4. The number of carbonyl (C=O) groups excluding carboxylic acids is 1. The summed E-state index contributed by atoms with van der Waals surface area (Å²) in [5, 5.41) is 14.7. The predicted octanol–water partition coefficient (Wildman–Crippen LogP) is 2.89. The summed E-state index contributed by atoms with van der Waals surface area (Å²) in [5.41, 5.74) is 7.45. The van der Waals surface area contributed by atoms with Gasteiger partial charge < -0.3 is 15.2 Å². The van der Waals surface area contributed by atoms with Crippen molar-refractivity contribution in [3.63, 3.8) is 0 Å². The Kier molecular flexibility index (Phi) is 6.04. The number of nitrogens with zero attached hydrogens (tertiary/aromatic N) is 1. The van der Waals surface area contributed by atoms with E-state index in [0.29, 0.717) is 6.42 Å². The standard InChI is InChI=1S/C21H25N3O2/c1-2-16-8-6-7-11-19(16)22-14-18-20(12-13-25)23-24(21(18)15-26)17-9-4-3-5-10-17/h3-11,14-15,20-23,25H,2,12-13H2,1H3. The molecule has 2 aromatic rings. The zero-order valence-electron chi connectivity index (χ0n) is 14.9. The Morgan fingerprint density at radius 1 is 1.15 bits per heavy atom. The quantitative estimate of drug-likeness (QED) is 0.670. The van der Waals surface area contributed by atoms with Gasteiger partial charge in [0, 0.05) is 18.5 Å². The molecule has 3 N–H and O–H groups in total. The van der Waals surface area contributed by atoms with Crippen LogP contribution in [0.15, 0.2) is 66.4 Å². The Hall–Kier alpha value is -2.63. The molecule has 0 radical (unpaired) electrons. The van der Waals surface area contributed by atoms with E-state index >= 15 is 0 Å². The number of hydrazine groups is 1. The van der Waals surface area contributed by atoms with Gasteiger partial charge in [-0.3, -0.25) is 5.01 Å². The molecule has 0 amide bonds. The molecule has 0 spiro atoms. The molecule has 1 fully saturated rings. The van der Waals surface area contributed by atoms with Crippen molar-refractivity contribution in [2.45, 2.75) is 31.8 Å². The minimum absolute atomic E-state index is 0.0504. The van der Waals surface area contributed by atoms with E-state index in [2.05, 4.69) is 23.7 Å². The molecular formula is C21H25N3O2. The average Bonchev–Trinajstić information content (AvgIpc) is 3.05. The van der Waals surface area contributed by atoms with Crippen molar-refractivity contribution in [1.29, 1.82) is 0 Å². The SMILES string of the molecule is CCc1ccccc1NC=C1C(CCO)NN(c2ccccc2)C1C=O. The molecule has 1 aliphatic rings. The molecule has 0 bridgehead atoms. The third-order valence-electron chi connectivity index (χ3n) is 4.69. The summed E-state index contributed by atoms with van der Waals surface area (Å²) in [7, 11) is 0. The van der Waals surface area contributed by atoms with Gasteiger partial charge in [-0.2, -0.15) is 0 Å². The number of para-hydroxylation sites is 2. The van der Waals surface area contributed by atoms with E-state index in [1.54, 1.807) is 0 Å². The van der Waals surface area contributed by atoms with Crippen molar-refractivity contribution < 1.29 is 9.90 Å². The molecule has 0 aromatic heterocycles. The number of aldehydes is 1. The predicted molar refractivity (Wildman–Crippen MR) is 105 cm³/mol. The third kappa shape index (κ3) is 3.79. The van der Waals surface area contributed by atoms with Gasteiger partial charge in [-0.1, -0.05) is 43.3 Å². The highest BCUT2D eigenvalue weighted by molar-refractivity contribution is 5.74. The third-order valence-corrected chi connectivity index (χ3v) is 4.69. The number of hydrogen-bond acceptors (Lipinski definition) is 5. The normalized spacial score (nSPS) is 21.2. The van der Waals surface area contributed by atoms with E-state index in [0.717, 1.165) is 29.7 Å². The van der Waals surface area contributed by atoms with Gasteiger partial charge in [-0.05, 0) is 42.2 Å². The number of anilines is 2. The summed E-state index contributed by atoms with van der Waals surface area (Å²) in [5.74, 6) is 0. The van der Waals surface area contributed by atoms with Gasteiger partial charge in [-0.25, -0.2) is 5.43 Å². The van der Waals surface area contributed by atoms with Crippen LogP contribution in [-0.2, 0) is 11.2 Å². The highest BCUT2D eigenvalue weighted by atomic mass is 16.3. The highest BCUT2D eigenvalue weighted by Gasteiger charge is 2.36. The summed E-state index contributed by atoms with van der Waals surface area (Å²) in [6.07, 6.45) is 4.31. The number of aliphatic hydroxyl groups excluding tert-OH is 1. The Morgan fingerprint density at radius 2 is 1.88 bits per heavy atom. The van der Waals surface area contributed by atoms with E-state index in [1.165, 1.54) is 5.56 Å². The largest absolute Gasteiger partial charge is 0.396 e. The van der Waals surface area contributed by atoms with Crippen LogP contribution in [0.1, 0.15) is 18.9 Å². The van der Waals surface area contributed by atoms with Gasteiger partial charge in [0.25, 0.3) is 0 Å². The Morgan fingerprint density at radius 3 is 2.58 bits per heavy atom. The lowest BCUT2D eigenvalue weighted by atomic mass is 10.0. The first-order valence-corrected chi connectivity index (χ1v) is 8.99. The summed E-state index contributed by atoms with van der Waals surface area (Å²) in [4.78, 5) is 11.9. The number of benzene rings is 2. The number of nitrogens with one attached hydrogen (secondary N) is 2. The van der Waals surface area contributed by atoms with E-state index in [1.807, 2.05) is 59.7 Å². The average molecular weight is 351 g/mol. The molecule has 2 atom stereocenters. The van der Waals surface area contributed by atoms with Crippen LogP contribution in [0.3, 0.4) is 0 Å². The number of aryl methyl sites for hydroxylation is 1. The van der Waals surface area contributed by atoms with Crippen LogP contribution in [0.25, 0.3) is 0 Å². The Labute approximate surface area is 154 Å². The van der Waals surface area contributed by atoms with Crippen LogP contribution in [0, 0.1) is 0 Å². The minimum atomic E-state index is -0.421. The van der Waals surface area contributed by atoms with Crippen LogP contribution >= 0.6 is 0 Å². The molecule has 3 rings (SSSR count). The molecular weight excluding hydrogens is 326 g/mol. The highest BCUT2D eigenvalue weighted by Crippen LogP contribution is 2.28. The monoisotopic (exact) mass is 351 g/mol. The molecule has 5 heteroatoms. The summed E-state index contributed by atoms with van der Waals surface area (Å²) in [6.45, 7) is 2.17. The van der Waals surface area contributed by atoms with Crippen molar-refractivity contribution in [3.8, 4) is 0 Å². The number of carbonyl (C=O) groups is 1. The second-order valence-corrected chi connectivity index (χ2v) is 6.28. The molecule has 0 aliphatic carbocycles. The first kappa shape index (κ1) is 18.2. The van der Waals surface area contributed by atoms with Crippen LogP contribution in [0.2, 0.25) is 0 Å². The number of aliphatic hydroxyl groups is 1. The molecule has 2 aromatic carbocycles. The van der Waals surface area contributed by atoms with Gasteiger partial charge in [0.1, 0.15) is 12.3 Å². The van der Waals surface area contributed by atoms with Crippen LogP contribution < -0.4 is 15.8 Å². The fourth-order valence-electron chi connectivity index (χ4n) is 3.32. The van der Waals surface area contributed by atoms with Gasteiger partial charge in [-0.15, -0.1) is 0 Å². The second-order valence-electron chi connectivity index (χ2n) is 6.28. The summed E-state index contributed by atoms with van der Waals surface area (Å²) < 4.78 is 0. The lowest BCUT2D eigenvalue weighted by molar-refractivity contribution is -0.108. The van der Waals surface area contributed by atoms with Crippen molar-refractivity contribution in [2.75, 3.05) is 16.9 Å². The molecule has 2 unspecified atom stereocenters. The van der Waals surface area contributed by atoms with Crippen LogP contribution in [0.4, 0.5) is 11.4 Å². The maximum Gasteiger partial charge on any atom is 0.148 e. The topological polar surface area (TPSA) is 64.6 Å². The smallest absolute Gasteiger partial charge is 0.148 e. The fraction of sp³-hybridized carbons (Fsp3) is 0.286. The van der Waals surface area contributed by atoms with Gasteiger partial charge in [0.15, 0.2) is 0 Å². The van der Waals surface area contributed by atoms with E-state index in [9.17, 15) is 9.90 Å². The summed E-state index contributed by atoms with van der Waals surface area (Å²) >= 11 is 0. The van der Waals surface area contributed by atoms with E-state index in [4.69, 9.17) is 0 Å². The first-order valence-electron chi connectivity index (χ1n) is 8.99. The minimum Gasteiger partial charge on any atom is -0.396 e. The molecule has 1 aliphatic heterocycles. The fourth-order valence-corrected chi connectivity index (χ4v) is 3.32.